The molecule has 2 N–H and O–H groups in total. The van der Waals surface area contributed by atoms with Gasteiger partial charge in [0, 0.05) is 31.6 Å². The van der Waals surface area contributed by atoms with Gasteiger partial charge in [0.15, 0.2) is 0 Å². The molecule has 0 radical (unpaired) electrons. The Balaban J connectivity index is 2.36. The van der Waals surface area contributed by atoms with Crippen LogP contribution in [-0.4, -0.2) is 25.5 Å². The zero-order valence-electron chi connectivity index (χ0n) is 10.5. The maximum absolute atomic E-state index is 12.2. The first kappa shape index (κ1) is 13.7. The molecule has 0 aromatic heterocycles. The third-order valence-electron chi connectivity index (χ3n) is 3.69. The van der Waals surface area contributed by atoms with E-state index in [4.69, 9.17) is 10.5 Å². The van der Waals surface area contributed by atoms with E-state index in [9.17, 15) is 4.79 Å². The van der Waals surface area contributed by atoms with Crippen molar-refractivity contribution in [2.45, 2.75) is 51.9 Å². The van der Waals surface area contributed by atoms with Gasteiger partial charge in [-0.25, -0.2) is 0 Å². The van der Waals surface area contributed by atoms with E-state index in [1.807, 2.05) is 0 Å². The molecule has 0 atom stereocenters. The Hall–Kier alpha value is -0.410. The van der Waals surface area contributed by atoms with Gasteiger partial charge >= 0.3 is 0 Å². The zero-order chi connectivity index (χ0) is 11.9. The van der Waals surface area contributed by atoms with Crippen molar-refractivity contribution in [2.24, 2.45) is 11.1 Å². The average Bonchev–Trinajstić information content (AvgIpc) is 2.35. The van der Waals surface area contributed by atoms with Gasteiger partial charge in [0.25, 0.3) is 0 Å². The molecule has 0 bridgehead atoms. The van der Waals surface area contributed by atoms with Crippen molar-refractivity contribution in [2.75, 3.05) is 19.8 Å². The van der Waals surface area contributed by atoms with Crippen LogP contribution in [0, 0.1) is 5.41 Å². The molecule has 1 heterocycles. The topological polar surface area (TPSA) is 52.3 Å². The number of nitrogens with two attached hydrogens (primary N) is 1. The Morgan fingerprint density at radius 1 is 1.25 bits per heavy atom. The monoisotopic (exact) mass is 227 g/mol. The molecule has 0 spiro atoms. The normalized spacial score (nSPS) is 19.6. The van der Waals surface area contributed by atoms with E-state index >= 15 is 0 Å². The molecule has 1 aliphatic heterocycles. The molecule has 0 aromatic carbocycles. The lowest BCUT2D eigenvalue weighted by Crippen LogP contribution is -2.43. The van der Waals surface area contributed by atoms with Crippen molar-refractivity contribution in [3.8, 4) is 0 Å². The van der Waals surface area contributed by atoms with Gasteiger partial charge in [-0.3, -0.25) is 4.79 Å². The van der Waals surface area contributed by atoms with E-state index in [-0.39, 0.29) is 5.41 Å². The first-order valence-electron chi connectivity index (χ1n) is 6.56. The summed E-state index contributed by atoms with van der Waals surface area (Å²) in [5.74, 6) is 0.370. The van der Waals surface area contributed by atoms with Gasteiger partial charge in [0.1, 0.15) is 5.78 Å². The number of ether oxygens (including phenoxy) is 1. The summed E-state index contributed by atoms with van der Waals surface area (Å²) in [6.07, 6.45) is 6.97. The van der Waals surface area contributed by atoms with E-state index in [2.05, 4.69) is 6.92 Å². The van der Waals surface area contributed by atoms with Gasteiger partial charge in [-0.2, -0.15) is 0 Å². The van der Waals surface area contributed by atoms with Crippen molar-refractivity contribution in [3.05, 3.63) is 0 Å². The molecule has 0 amide bonds. The molecule has 3 heteroatoms. The van der Waals surface area contributed by atoms with Crippen LogP contribution in [0.5, 0.6) is 0 Å². The number of hydrogen-bond acceptors (Lipinski definition) is 3. The smallest absolute Gasteiger partial charge is 0.140 e. The average molecular weight is 227 g/mol. The maximum Gasteiger partial charge on any atom is 0.140 e. The van der Waals surface area contributed by atoms with Gasteiger partial charge in [-0.1, -0.05) is 26.2 Å². The molecule has 0 unspecified atom stereocenters. The molecule has 16 heavy (non-hydrogen) atoms. The van der Waals surface area contributed by atoms with E-state index < -0.39 is 0 Å². The van der Waals surface area contributed by atoms with E-state index in [1.165, 1.54) is 19.3 Å². The lowest BCUT2D eigenvalue weighted by Gasteiger charge is -2.34. The number of rotatable bonds is 7. The second-order valence-corrected chi connectivity index (χ2v) is 4.83. The number of hydrogen-bond donors (Lipinski definition) is 1. The minimum atomic E-state index is -0.259. The SMILES string of the molecule is CCCCCCC(=O)C1(CN)CCOCC1. The number of carbonyl (C=O) groups is 1. The van der Waals surface area contributed by atoms with Crippen LogP contribution in [0.1, 0.15) is 51.9 Å². The summed E-state index contributed by atoms with van der Waals surface area (Å²) < 4.78 is 5.31. The largest absolute Gasteiger partial charge is 0.381 e. The predicted octanol–water partition coefficient (Wildman–Crippen LogP) is 2.28. The highest BCUT2D eigenvalue weighted by molar-refractivity contribution is 5.85. The van der Waals surface area contributed by atoms with Crippen LogP contribution in [-0.2, 0) is 9.53 Å². The van der Waals surface area contributed by atoms with E-state index in [0.29, 0.717) is 32.0 Å². The van der Waals surface area contributed by atoms with Crippen LogP contribution in [0.4, 0.5) is 0 Å². The van der Waals surface area contributed by atoms with Crippen LogP contribution in [0.3, 0.4) is 0 Å². The summed E-state index contributed by atoms with van der Waals surface area (Å²) in [5, 5.41) is 0. The molecule has 1 rings (SSSR count). The summed E-state index contributed by atoms with van der Waals surface area (Å²) in [5.41, 5.74) is 5.53. The van der Waals surface area contributed by atoms with Crippen molar-refractivity contribution < 1.29 is 9.53 Å². The number of Topliss-reactive ketones (excluding diaryl/α,β-unsaturated/α-hetero) is 1. The van der Waals surface area contributed by atoms with Gasteiger partial charge in [0.2, 0.25) is 0 Å². The number of unbranched alkanes of at least 4 members (excludes halogenated alkanes) is 3. The van der Waals surface area contributed by atoms with Crippen LogP contribution in [0.25, 0.3) is 0 Å². The van der Waals surface area contributed by atoms with Crippen LogP contribution < -0.4 is 5.73 Å². The first-order valence-corrected chi connectivity index (χ1v) is 6.56. The fourth-order valence-electron chi connectivity index (χ4n) is 2.34. The van der Waals surface area contributed by atoms with Crippen molar-refractivity contribution in [1.82, 2.24) is 0 Å². The Labute approximate surface area is 98.7 Å². The molecule has 0 aliphatic carbocycles. The van der Waals surface area contributed by atoms with Gasteiger partial charge < -0.3 is 10.5 Å². The lowest BCUT2D eigenvalue weighted by molar-refractivity contribution is -0.133. The maximum atomic E-state index is 12.2. The highest BCUT2D eigenvalue weighted by Gasteiger charge is 2.37. The summed E-state index contributed by atoms with van der Waals surface area (Å²) in [7, 11) is 0. The van der Waals surface area contributed by atoms with Crippen LogP contribution in [0.15, 0.2) is 0 Å². The third kappa shape index (κ3) is 3.56. The van der Waals surface area contributed by atoms with E-state index in [0.717, 1.165) is 19.3 Å². The summed E-state index contributed by atoms with van der Waals surface area (Å²) in [6.45, 7) is 4.06. The van der Waals surface area contributed by atoms with Gasteiger partial charge in [0.05, 0.1) is 0 Å². The molecule has 3 nitrogen and oxygen atoms in total. The molecule has 94 valence electrons. The molecule has 1 aliphatic rings. The quantitative estimate of drug-likeness (QED) is 0.679. The Kier molecular flexibility index (Phi) is 5.99. The number of ketones is 1. The summed E-state index contributed by atoms with van der Waals surface area (Å²) >= 11 is 0. The Morgan fingerprint density at radius 2 is 1.94 bits per heavy atom. The lowest BCUT2D eigenvalue weighted by atomic mass is 9.75. The molecular formula is C13H25NO2. The summed E-state index contributed by atoms with van der Waals surface area (Å²) in [4.78, 5) is 12.2. The first-order chi connectivity index (χ1) is 7.75. The fourth-order valence-corrected chi connectivity index (χ4v) is 2.34. The molecule has 0 aromatic rings. The van der Waals surface area contributed by atoms with Gasteiger partial charge in [-0.15, -0.1) is 0 Å². The third-order valence-corrected chi connectivity index (χ3v) is 3.69. The highest BCUT2D eigenvalue weighted by atomic mass is 16.5. The van der Waals surface area contributed by atoms with Crippen LogP contribution in [0.2, 0.25) is 0 Å². The standard InChI is InChI=1S/C13H25NO2/c1-2-3-4-5-6-12(15)13(11-14)7-9-16-10-8-13/h2-11,14H2,1H3. The summed E-state index contributed by atoms with van der Waals surface area (Å²) in [6, 6.07) is 0. The second kappa shape index (κ2) is 7.02. The molecule has 1 saturated heterocycles. The molecule has 1 fully saturated rings. The second-order valence-electron chi connectivity index (χ2n) is 4.83. The van der Waals surface area contributed by atoms with Crippen molar-refractivity contribution in [3.63, 3.8) is 0 Å². The minimum absolute atomic E-state index is 0.259. The zero-order valence-corrected chi connectivity index (χ0v) is 10.5. The molecular weight excluding hydrogens is 202 g/mol. The van der Waals surface area contributed by atoms with Crippen molar-refractivity contribution in [1.29, 1.82) is 0 Å². The Bertz CT molecular complexity index is 210. The van der Waals surface area contributed by atoms with E-state index in [1.54, 1.807) is 0 Å². The Morgan fingerprint density at radius 3 is 2.50 bits per heavy atom. The number of carbonyl (C=O) groups excluding carboxylic acids is 1. The molecule has 0 saturated carbocycles. The predicted molar refractivity (Wildman–Crippen MR) is 65.3 cm³/mol. The van der Waals surface area contributed by atoms with Crippen LogP contribution >= 0.6 is 0 Å². The van der Waals surface area contributed by atoms with Gasteiger partial charge in [-0.05, 0) is 19.3 Å². The fraction of sp³-hybridized carbons (Fsp3) is 0.923. The van der Waals surface area contributed by atoms with Crippen molar-refractivity contribution >= 4 is 5.78 Å². The minimum Gasteiger partial charge on any atom is -0.381 e. The highest BCUT2D eigenvalue weighted by Crippen LogP contribution is 2.32.